The van der Waals surface area contributed by atoms with E-state index < -0.39 is 12.7 Å². The quantitative estimate of drug-likeness (QED) is 0.691. The van der Waals surface area contributed by atoms with Gasteiger partial charge in [0.15, 0.2) is 0 Å². The summed E-state index contributed by atoms with van der Waals surface area (Å²) in [4.78, 5) is 21.2. The van der Waals surface area contributed by atoms with Gasteiger partial charge in [-0.1, -0.05) is 0 Å². The number of halogens is 3. The van der Waals surface area contributed by atoms with Crippen molar-refractivity contribution in [2.75, 3.05) is 36.5 Å². The molecule has 0 saturated heterocycles. The van der Waals surface area contributed by atoms with E-state index in [9.17, 15) is 18.0 Å². The molecule has 4 rings (SSSR count). The minimum atomic E-state index is -4.19. The number of nitriles is 1. The van der Waals surface area contributed by atoms with Crippen molar-refractivity contribution in [3.05, 3.63) is 17.3 Å². The zero-order valence-corrected chi connectivity index (χ0v) is 17.5. The van der Waals surface area contributed by atoms with Crippen LogP contribution in [0.5, 0.6) is 0 Å². The maximum absolute atomic E-state index is 13.0. The molecule has 0 bridgehead atoms. The summed E-state index contributed by atoms with van der Waals surface area (Å²) in [6.07, 6.45) is 1.53. The lowest BCUT2D eigenvalue weighted by molar-refractivity contribution is -0.125. The Labute approximate surface area is 179 Å². The number of nitrogens with zero attached hydrogens (tertiary/aromatic N) is 4. The first-order valence-corrected chi connectivity index (χ1v) is 10.8. The Bertz CT molecular complexity index is 875. The molecule has 0 spiro atoms. The highest BCUT2D eigenvalue weighted by Crippen LogP contribution is 2.41. The van der Waals surface area contributed by atoms with Crippen LogP contribution in [0.15, 0.2) is 6.20 Å². The predicted octanol–water partition coefficient (Wildman–Crippen LogP) is 2.89. The van der Waals surface area contributed by atoms with Gasteiger partial charge >= 0.3 is 6.18 Å². The number of anilines is 2. The fourth-order valence-electron chi connectivity index (χ4n) is 5.01. The summed E-state index contributed by atoms with van der Waals surface area (Å²) >= 11 is 0. The van der Waals surface area contributed by atoms with Gasteiger partial charge in [0.1, 0.15) is 12.4 Å². The van der Waals surface area contributed by atoms with Gasteiger partial charge < -0.3 is 20.4 Å². The monoisotopic (exact) mass is 436 g/mol. The number of fused-ring (bicyclic) bond motifs is 3. The third-order valence-electron chi connectivity index (χ3n) is 6.45. The lowest BCUT2D eigenvalue weighted by Crippen LogP contribution is -2.52. The van der Waals surface area contributed by atoms with Gasteiger partial charge in [-0.05, 0) is 51.5 Å². The lowest BCUT2D eigenvalue weighted by atomic mass is 9.84. The molecule has 0 aromatic carbocycles. The van der Waals surface area contributed by atoms with Gasteiger partial charge in [-0.15, -0.1) is 0 Å². The second-order valence-electron chi connectivity index (χ2n) is 8.79. The van der Waals surface area contributed by atoms with Gasteiger partial charge in [0.2, 0.25) is 0 Å². The van der Waals surface area contributed by atoms with Gasteiger partial charge in [0, 0.05) is 23.8 Å². The van der Waals surface area contributed by atoms with E-state index in [4.69, 9.17) is 5.26 Å². The van der Waals surface area contributed by atoms with Crippen molar-refractivity contribution >= 4 is 17.4 Å². The SMILES string of the molecule is CC1Cc2c(ncc3c2N(C2CCC(CNCC(F)(F)F)CC2)CN(CC#N)C3=O)N1. The van der Waals surface area contributed by atoms with Crippen molar-refractivity contribution in [3.8, 4) is 6.07 Å². The molecule has 1 aromatic heterocycles. The van der Waals surface area contributed by atoms with Gasteiger partial charge in [-0.3, -0.25) is 4.79 Å². The van der Waals surface area contributed by atoms with E-state index in [2.05, 4.69) is 33.5 Å². The normalized spacial score (nSPS) is 25.6. The fourth-order valence-corrected chi connectivity index (χ4v) is 5.01. The number of hydrogen-bond donors (Lipinski definition) is 2. The third kappa shape index (κ3) is 4.56. The topological polar surface area (TPSA) is 84.3 Å². The van der Waals surface area contributed by atoms with Crippen LogP contribution in [0.3, 0.4) is 0 Å². The number of amides is 1. The first-order valence-electron chi connectivity index (χ1n) is 10.8. The van der Waals surface area contributed by atoms with Gasteiger partial charge in [0.05, 0.1) is 30.5 Å². The van der Waals surface area contributed by atoms with Crippen molar-refractivity contribution in [1.82, 2.24) is 15.2 Å². The highest BCUT2D eigenvalue weighted by Gasteiger charge is 2.39. The number of alkyl halides is 3. The van der Waals surface area contributed by atoms with Crippen LogP contribution in [-0.2, 0) is 6.42 Å². The second-order valence-corrected chi connectivity index (χ2v) is 8.79. The summed E-state index contributed by atoms with van der Waals surface area (Å²) in [6, 6.07) is 2.48. The summed E-state index contributed by atoms with van der Waals surface area (Å²) in [5, 5.41) is 15.0. The number of rotatable bonds is 5. The summed E-state index contributed by atoms with van der Waals surface area (Å²) in [7, 11) is 0. The van der Waals surface area contributed by atoms with Crippen LogP contribution in [0.2, 0.25) is 0 Å². The molecule has 168 valence electrons. The number of aromatic nitrogens is 1. The highest BCUT2D eigenvalue weighted by molar-refractivity contribution is 6.03. The molecule has 1 amide bonds. The van der Waals surface area contributed by atoms with Crippen LogP contribution in [0.4, 0.5) is 24.7 Å². The lowest BCUT2D eigenvalue weighted by Gasteiger charge is -2.44. The summed E-state index contributed by atoms with van der Waals surface area (Å²) in [5.41, 5.74) is 2.49. The van der Waals surface area contributed by atoms with E-state index in [-0.39, 0.29) is 30.5 Å². The van der Waals surface area contributed by atoms with E-state index in [1.165, 1.54) is 0 Å². The van der Waals surface area contributed by atoms with Crippen molar-refractivity contribution in [2.45, 2.75) is 57.3 Å². The van der Waals surface area contributed by atoms with Gasteiger partial charge in [-0.25, -0.2) is 4.98 Å². The van der Waals surface area contributed by atoms with Crippen molar-refractivity contribution in [2.24, 2.45) is 5.92 Å². The molecule has 1 fully saturated rings. The van der Waals surface area contributed by atoms with Crippen LogP contribution in [-0.4, -0.2) is 60.4 Å². The van der Waals surface area contributed by atoms with Crippen molar-refractivity contribution < 1.29 is 18.0 Å². The third-order valence-corrected chi connectivity index (χ3v) is 6.45. The molecule has 1 aliphatic carbocycles. The molecule has 31 heavy (non-hydrogen) atoms. The first kappa shape index (κ1) is 21.7. The van der Waals surface area contributed by atoms with E-state index >= 15 is 0 Å². The summed E-state index contributed by atoms with van der Waals surface area (Å²) < 4.78 is 37.2. The van der Waals surface area contributed by atoms with Gasteiger partial charge in [0.25, 0.3) is 5.91 Å². The van der Waals surface area contributed by atoms with Crippen LogP contribution >= 0.6 is 0 Å². The molecule has 1 saturated carbocycles. The number of hydrogen-bond acceptors (Lipinski definition) is 6. The maximum atomic E-state index is 13.0. The molecule has 7 nitrogen and oxygen atoms in total. The smallest absolute Gasteiger partial charge is 0.367 e. The Morgan fingerprint density at radius 3 is 2.74 bits per heavy atom. The molecule has 1 atom stereocenters. The molecule has 3 aliphatic rings. The highest BCUT2D eigenvalue weighted by atomic mass is 19.4. The van der Waals surface area contributed by atoms with E-state index in [0.29, 0.717) is 18.8 Å². The first-order chi connectivity index (χ1) is 14.8. The molecule has 0 radical (unpaired) electrons. The Balaban J connectivity index is 1.51. The predicted molar refractivity (Wildman–Crippen MR) is 110 cm³/mol. The number of pyridine rings is 1. The molecular formula is C21H27F3N6O. The Morgan fingerprint density at radius 1 is 1.32 bits per heavy atom. The largest absolute Gasteiger partial charge is 0.401 e. The molecule has 2 aliphatic heterocycles. The zero-order valence-electron chi connectivity index (χ0n) is 17.5. The maximum Gasteiger partial charge on any atom is 0.401 e. The van der Waals surface area contributed by atoms with Crippen LogP contribution in [0.25, 0.3) is 0 Å². The number of carbonyl (C=O) groups is 1. The average Bonchev–Trinajstić information content (AvgIpc) is 3.10. The molecule has 1 aromatic rings. The minimum Gasteiger partial charge on any atom is -0.367 e. The Morgan fingerprint density at radius 2 is 2.06 bits per heavy atom. The zero-order chi connectivity index (χ0) is 22.2. The Kier molecular flexibility index (Phi) is 5.97. The molecular weight excluding hydrogens is 409 g/mol. The van der Waals surface area contributed by atoms with E-state index in [1.807, 2.05) is 0 Å². The fraction of sp³-hybridized carbons (Fsp3) is 0.667. The van der Waals surface area contributed by atoms with Crippen LogP contribution in [0.1, 0.15) is 48.5 Å². The summed E-state index contributed by atoms with van der Waals surface area (Å²) in [5.74, 6) is 0.847. The number of nitrogens with one attached hydrogen (secondary N) is 2. The minimum absolute atomic E-state index is 0.0111. The second kappa shape index (κ2) is 8.54. The summed E-state index contributed by atoms with van der Waals surface area (Å²) in [6.45, 7) is 1.85. The van der Waals surface area contributed by atoms with Gasteiger partial charge in [-0.2, -0.15) is 18.4 Å². The van der Waals surface area contributed by atoms with Crippen LogP contribution < -0.4 is 15.5 Å². The molecule has 2 N–H and O–H groups in total. The van der Waals surface area contributed by atoms with Crippen molar-refractivity contribution in [3.63, 3.8) is 0 Å². The van der Waals surface area contributed by atoms with Crippen molar-refractivity contribution in [1.29, 1.82) is 5.26 Å². The van der Waals surface area contributed by atoms with E-state index in [1.54, 1.807) is 11.1 Å². The average molecular weight is 436 g/mol. The number of carbonyl (C=O) groups excluding carboxylic acids is 1. The Hall–Kier alpha value is -2.54. The molecule has 3 heterocycles. The standard InChI is InChI=1S/C21H27F3N6O/c1-13-8-16-18-17(10-27-19(16)28-13)20(31)29(7-6-25)12-30(18)15-4-2-14(3-5-15)9-26-11-21(22,23)24/h10,13-15,26H,2-5,7-9,11-12H2,1H3,(H,27,28). The molecule has 10 heteroatoms. The van der Waals surface area contributed by atoms with Crippen LogP contribution in [0, 0.1) is 17.2 Å². The van der Waals surface area contributed by atoms with E-state index in [0.717, 1.165) is 49.2 Å². The molecule has 1 unspecified atom stereocenters.